The van der Waals surface area contributed by atoms with Crippen molar-refractivity contribution in [2.45, 2.75) is 44.4 Å². The van der Waals surface area contributed by atoms with Gasteiger partial charge in [0.25, 0.3) is 0 Å². The fourth-order valence-corrected chi connectivity index (χ4v) is 2.01. The smallest absolute Gasteiger partial charge is 0.0892 e. The first kappa shape index (κ1) is 10.6. The van der Waals surface area contributed by atoms with Crippen molar-refractivity contribution in [1.82, 2.24) is 4.98 Å². The van der Waals surface area contributed by atoms with Gasteiger partial charge in [-0.2, -0.15) is 0 Å². The van der Waals surface area contributed by atoms with Gasteiger partial charge in [0, 0.05) is 12.2 Å². The van der Waals surface area contributed by atoms with Gasteiger partial charge in [-0.05, 0) is 25.0 Å². The van der Waals surface area contributed by atoms with E-state index in [0.717, 1.165) is 18.5 Å². The van der Waals surface area contributed by atoms with E-state index in [0.29, 0.717) is 6.61 Å². The highest BCUT2D eigenvalue weighted by Gasteiger charge is 2.22. The van der Waals surface area contributed by atoms with Gasteiger partial charge in [-0.15, -0.1) is 0 Å². The Morgan fingerprint density at radius 2 is 2.20 bits per heavy atom. The van der Waals surface area contributed by atoms with E-state index in [9.17, 15) is 0 Å². The highest BCUT2D eigenvalue weighted by atomic mass is 16.5. The van der Waals surface area contributed by atoms with Gasteiger partial charge in [0.15, 0.2) is 0 Å². The highest BCUT2D eigenvalue weighted by Crippen LogP contribution is 2.20. The zero-order valence-electron chi connectivity index (χ0n) is 8.93. The van der Waals surface area contributed by atoms with Crippen LogP contribution in [0.2, 0.25) is 0 Å². The van der Waals surface area contributed by atoms with Crippen molar-refractivity contribution in [2.24, 2.45) is 5.73 Å². The Bertz CT molecular complexity index is 289. The average molecular weight is 206 g/mol. The summed E-state index contributed by atoms with van der Waals surface area (Å²) in [7, 11) is 0. The summed E-state index contributed by atoms with van der Waals surface area (Å²) in [4.78, 5) is 4.22. The maximum absolute atomic E-state index is 6.00. The molecule has 1 aliphatic carbocycles. The van der Waals surface area contributed by atoms with Crippen LogP contribution in [0.25, 0.3) is 0 Å². The predicted molar refractivity (Wildman–Crippen MR) is 59.3 cm³/mol. The molecule has 3 heteroatoms. The molecular weight excluding hydrogens is 188 g/mol. The Morgan fingerprint density at radius 3 is 2.93 bits per heavy atom. The Kier molecular flexibility index (Phi) is 3.69. The zero-order valence-corrected chi connectivity index (χ0v) is 8.93. The molecule has 2 unspecified atom stereocenters. The van der Waals surface area contributed by atoms with Crippen LogP contribution in [0, 0.1) is 0 Å². The molecule has 82 valence electrons. The summed E-state index contributed by atoms with van der Waals surface area (Å²) in [6, 6.07) is 6.08. The SMILES string of the molecule is NC1CCCCC1OCc1ccccn1. The Morgan fingerprint density at radius 1 is 1.33 bits per heavy atom. The third-order valence-corrected chi connectivity index (χ3v) is 2.93. The van der Waals surface area contributed by atoms with Crippen LogP contribution < -0.4 is 5.73 Å². The Labute approximate surface area is 90.7 Å². The van der Waals surface area contributed by atoms with E-state index < -0.39 is 0 Å². The third-order valence-electron chi connectivity index (χ3n) is 2.93. The molecular formula is C12H18N2O. The van der Waals surface area contributed by atoms with Crippen LogP contribution in [0.4, 0.5) is 0 Å². The van der Waals surface area contributed by atoms with Gasteiger partial charge in [-0.3, -0.25) is 4.98 Å². The second-order valence-electron chi connectivity index (χ2n) is 4.12. The largest absolute Gasteiger partial charge is 0.370 e. The molecule has 1 heterocycles. The molecule has 1 aromatic heterocycles. The van der Waals surface area contributed by atoms with Crippen LogP contribution in [0.5, 0.6) is 0 Å². The Balaban J connectivity index is 1.82. The number of nitrogens with two attached hydrogens (primary N) is 1. The quantitative estimate of drug-likeness (QED) is 0.821. The molecule has 0 amide bonds. The van der Waals surface area contributed by atoms with Crippen LogP contribution in [0.15, 0.2) is 24.4 Å². The van der Waals surface area contributed by atoms with Crippen molar-refractivity contribution < 1.29 is 4.74 Å². The molecule has 3 nitrogen and oxygen atoms in total. The van der Waals surface area contributed by atoms with Crippen LogP contribution in [-0.4, -0.2) is 17.1 Å². The van der Waals surface area contributed by atoms with Crippen LogP contribution in [0.1, 0.15) is 31.4 Å². The molecule has 0 aromatic carbocycles. The summed E-state index contributed by atoms with van der Waals surface area (Å²) in [5, 5.41) is 0. The van der Waals surface area contributed by atoms with Crippen molar-refractivity contribution in [3.63, 3.8) is 0 Å². The first-order chi connectivity index (χ1) is 7.36. The van der Waals surface area contributed by atoms with E-state index in [2.05, 4.69) is 4.98 Å². The molecule has 1 fully saturated rings. The topological polar surface area (TPSA) is 48.1 Å². The number of pyridine rings is 1. The van der Waals surface area contributed by atoms with E-state index in [1.165, 1.54) is 12.8 Å². The molecule has 0 saturated heterocycles. The zero-order chi connectivity index (χ0) is 10.5. The molecule has 1 aromatic rings. The summed E-state index contributed by atoms with van der Waals surface area (Å²) in [6.07, 6.45) is 6.67. The van der Waals surface area contributed by atoms with Crippen molar-refractivity contribution in [1.29, 1.82) is 0 Å². The number of rotatable bonds is 3. The van der Waals surface area contributed by atoms with Gasteiger partial charge in [0.1, 0.15) is 0 Å². The van der Waals surface area contributed by atoms with Gasteiger partial charge >= 0.3 is 0 Å². The van der Waals surface area contributed by atoms with Crippen LogP contribution in [-0.2, 0) is 11.3 Å². The summed E-state index contributed by atoms with van der Waals surface area (Å²) in [6.45, 7) is 0.583. The third kappa shape index (κ3) is 3.01. The van der Waals surface area contributed by atoms with Gasteiger partial charge in [-0.25, -0.2) is 0 Å². The van der Waals surface area contributed by atoms with E-state index in [4.69, 9.17) is 10.5 Å². The monoisotopic (exact) mass is 206 g/mol. The van der Waals surface area contributed by atoms with Crippen molar-refractivity contribution >= 4 is 0 Å². The highest BCUT2D eigenvalue weighted by molar-refractivity contribution is 5.02. The van der Waals surface area contributed by atoms with E-state index >= 15 is 0 Å². The standard InChI is InChI=1S/C12H18N2O/c13-11-6-1-2-7-12(11)15-9-10-5-3-4-8-14-10/h3-5,8,11-12H,1-2,6-7,9,13H2. The summed E-state index contributed by atoms with van der Waals surface area (Å²) >= 11 is 0. The Hall–Kier alpha value is -0.930. The summed E-state index contributed by atoms with van der Waals surface area (Å²) in [5.41, 5.74) is 6.98. The van der Waals surface area contributed by atoms with E-state index in [1.54, 1.807) is 6.20 Å². The van der Waals surface area contributed by atoms with Crippen molar-refractivity contribution in [2.75, 3.05) is 0 Å². The van der Waals surface area contributed by atoms with Gasteiger partial charge in [0.05, 0.1) is 18.4 Å². The fraction of sp³-hybridized carbons (Fsp3) is 0.583. The fourth-order valence-electron chi connectivity index (χ4n) is 2.01. The maximum Gasteiger partial charge on any atom is 0.0892 e. The lowest BCUT2D eigenvalue weighted by Gasteiger charge is -2.28. The average Bonchev–Trinajstić information content (AvgIpc) is 2.29. The van der Waals surface area contributed by atoms with Gasteiger partial charge < -0.3 is 10.5 Å². The lowest BCUT2D eigenvalue weighted by atomic mass is 9.93. The van der Waals surface area contributed by atoms with Crippen LogP contribution >= 0.6 is 0 Å². The first-order valence-corrected chi connectivity index (χ1v) is 5.63. The minimum atomic E-state index is 0.211. The minimum absolute atomic E-state index is 0.211. The van der Waals surface area contributed by atoms with Crippen molar-refractivity contribution in [3.8, 4) is 0 Å². The number of nitrogens with zero attached hydrogens (tertiary/aromatic N) is 1. The first-order valence-electron chi connectivity index (χ1n) is 5.63. The number of hydrogen-bond acceptors (Lipinski definition) is 3. The van der Waals surface area contributed by atoms with E-state index in [-0.39, 0.29) is 12.1 Å². The molecule has 15 heavy (non-hydrogen) atoms. The second-order valence-corrected chi connectivity index (χ2v) is 4.12. The minimum Gasteiger partial charge on any atom is -0.370 e. The maximum atomic E-state index is 6.00. The normalized spacial score (nSPS) is 26.5. The number of hydrogen-bond donors (Lipinski definition) is 1. The number of aromatic nitrogens is 1. The molecule has 2 atom stereocenters. The molecule has 0 radical (unpaired) electrons. The second kappa shape index (κ2) is 5.24. The lowest BCUT2D eigenvalue weighted by molar-refractivity contribution is 0.00257. The molecule has 2 N–H and O–H groups in total. The molecule has 2 rings (SSSR count). The van der Waals surface area contributed by atoms with Crippen LogP contribution in [0.3, 0.4) is 0 Å². The van der Waals surface area contributed by atoms with Gasteiger partial charge in [0.2, 0.25) is 0 Å². The predicted octanol–water partition coefficient (Wildman–Crippen LogP) is 1.87. The molecule has 0 aliphatic heterocycles. The molecule has 0 spiro atoms. The molecule has 1 saturated carbocycles. The number of ether oxygens (including phenoxy) is 1. The molecule has 0 bridgehead atoms. The lowest BCUT2D eigenvalue weighted by Crippen LogP contribution is -2.39. The summed E-state index contributed by atoms with van der Waals surface area (Å²) < 4.78 is 5.79. The van der Waals surface area contributed by atoms with E-state index in [1.807, 2.05) is 18.2 Å². The summed E-state index contributed by atoms with van der Waals surface area (Å²) in [5.74, 6) is 0. The van der Waals surface area contributed by atoms with Gasteiger partial charge in [-0.1, -0.05) is 18.9 Å². The van der Waals surface area contributed by atoms with Crippen molar-refractivity contribution in [3.05, 3.63) is 30.1 Å². The molecule has 1 aliphatic rings.